The van der Waals surface area contributed by atoms with Crippen LogP contribution in [-0.4, -0.2) is 16.1 Å². The summed E-state index contributed by atoms with van der Waals surface area (Å²) in [6.45, 7) is 1.44. The number of H-pyrrole nitrogens is 1. The summed E-state index contributed by atoms with van der Waals surface area (Å²) < 4.78 is 52.8. The van der Waals surface area contributed by atoms with Crippen molar-refractivity contribution in [3.8, 4) is 0 Å². The molecule has 0 atom stereocenters. The number of nitrogen functional groups attached to an aromatic ring is 1. The molecule has 0 aliphatic carbocycles. The number of carbonyl (C=O) groups is 1. The van der Waals surface area contributed by atoms with E-state index < -0.39 is 34.9 Å². The zero-order valence-electron chi connectivity index (χ0n) is 10.0. The average Bonchev–Trinajstić information content (AvgIpc) is 2.72. The lowest BCUT2D eigenvalue weighted by Gasteiger charge is -2.08. The number of aromatic amines is 1. The van der Waals surface area contributed by atoms with Crippen molar-refractivity contribution in [2.24, 2.45) is 0 Å². The van der Waals surface area contributed by atoms with E-state index in [0.717, 1.165) is 0 Å². The molecule has 5 nitrogen and oxygen atoms in total. The maximum absolute atomic E-state index is 13.4. The molecule has 0 spiro atoms. The zero-order chi connectivity index (χ0) is 15.0. The van der Waals surface area contributed by atoms with Crippen LogP contribution in [0, 0.1) is 30.2 Å². The van der Waals surface area contributed by atoms with Gasteiger partial charge in [0, 0.05) is 11.8 Å². The van der Waals surface area contributed by atoms with Gasteiger partial charge in [-0.1, -0.05) is 0 Å². The van der Waals surface area contributed by atoms with Gasteiger partial charge in [-0.25, -0.2) is 17.6 Å². The third-order valence-electron chi connectivity index (χ3n) is 2.55. The Bertz CT molecular complexity index is 652. The first-order valence-electron chi connectivity index (χ1n) is 5.27. The SMILES string of the molecule is Cc1[nH]nc(N)c1C(=O)Nc1c(F)c(F)cc(F)c1F. The fraction of sp³-hybridized carbons (Fsp3) is 0.0909. The number of nitrogens with one attached hydrogen (secondary N) is 2. The average molecular weight is 288 g/mol. The summed E-state index contributed by atoms with van der Waals surface area (Å²) in [5.74, 6) is -7.93. The van der Waals surface area contributed by atoms with Crippen LogP contribution in [0.2, 0.25) is 0 Å². The quantitative estimate of drug-likeness (QED) is 0.584. The molecular formula is C11H8F4N4O. The maximum Gasteiger partial charge on any atom is 0.261 e. The molecule has 1 aromatic carbocycles. The second-order valence-corrected chi connectivity index (χ2v) is 3.91. The Hall–Kier alpha value is -2.58. The molecule has 0 saturated heterocycles. The molecule has 0 fully saturated rings. The van der Waals surface area contributed by atoms with Crippen molar-refractivity contribution < 1.29 is 22.4 Å². The van der Waals surface area contributed by atoms with Crippen molar-refractivity contribution >= 4 is 17.4 Å². The fourth-order valence-electron chi connectivity index (χ4n) is 1.59. The van der Waals surface area contributed by atoms with Crippen molar-refractivity contribution in [3.63, 3.8) is 0 Å². The Morgan fingerprint density at radius 2 is 1.80 bits per heavy atom. The van der Waals surface area contributed by atoms with E-state index >= 15 is 0 Å². The van der Waals surface area contributed by atoms with E-state index in [-0.39, 0.29) is 23.1 Å². The predicted molar refractivity (Wildman–Crippen MR) is 62.0 cm³/mol. The molecule has 1 aromatic heterocycles. The van der Waals surface area contributed by atoms with E-state index in [9.17, 15) is 22.4 Å². The summed E-state index contributed by atoms with van der Waals surface area (Å²) in [5, 5.41) is 7.63. The van der Waals surface area contributed by atoms with Crippen LogP contribution in [0.5, 0.6) is 0 Å². The van der Waals surface area contributed by atoms with Gasteiger partial charge in [-0.3, -0.25) is 9.89 Å². The van der Waals surface area contributed by atoms with Crippen molar-refractivity contribution in [1.82, 2.24) is 10.2 Å². The molecule has 1 heterocycles. The Morgan fingerprint density at radius 1 is 1.25 bits per heavy atom. The van der Waals surface area contributed by atoms with E-state index in [1.54, 1.807) is 5.32 Å². The molecule has 0 aliphatic rings. The van der Waals surface area contributed by atoms with Gasteiger partial charge in [0.2, 0.25) is 0 Å². The molecule has 4 N–H and O–H groups in total. The van der Waals surface area contributed by atoms with E-state index in [1.807, 2.05) is 0 Å². The van der Waals surface area contributed by atoms with Crippen LogP contribution in [0.3, 0.4) is 0 Å². The fourth-order valence-corrected chi connectivity index (χ4v) is 1.59. The molecule has 2 rings (SSSR count). The normalized spacial score (nSPS) is 10.7. The van der Waals surface area contributed by atoms with Gasteiger partial charge in [-0.2, -0.15) is 5.10 Å². The topological polar surface area (TPSA) is 83.8 Å². The molecule has 0 aliphatic heterocycles. The summed E-state index contributed by atoms with van der Waals surface area (Å²) in [4.78, 5) is 11.8. The number of aryl methyl sites for hydroxylation is 1. The number of amides is 1. The molecule has 0 unspecified atom stereocenters. The number of hydrogen-bond acceptors (Lipinski definition) is 3. The highest BCUT2D eigenvalue weighted by atomic mass is 19.2. The summed E-state index contributed by atoms with van der Waals surface area (Å²) in [7, 11) is 0. The second kappa shape index (κ2) is 4.83. The number of hydrogen-bond donors (Lipinski definition) is 3. The molecule has 0 radical (unpaired) electrons. The molecular weight excluding hydrogens is 280 g/mol. The van der Waals surface area contributed by atoms with Crippen LogP contribution >= 0.6 is 0 Å². The van der Waals surface area contributed by atoms with Gasteiger partial charge in [-0.15, -0.1) is 0 Å². The summed E-state index contributed by atoms with van der Waals surface area (Å²) in [5.41, 5.74) is 4.23. The molecule has 0 bridgehead atoms. The van der Waals surface area contributed by atoms with E-state index in [1.165, 1.54) is 6.92 Å². The first kappa shape index (κ1) is 13.8. The highest BCUT2D eigenvalue weighted by molar-refractivity contribution is 6.08. The van der Waals surface area contributed by atoms with Gasteiger partial charge in [0.15, 0.2) is 29.1 Å². The lowest BCUT2D eigenvalue weighted by molar-refractivity contribution is 0.102. The number of nitrogens with two attached hydrogens (primary N) is 1. The van der Waals surface area contributed by atoms with Gasteiger partial charge in [0.25, 0.3) is 5.91 Å². The molecule has 0 saturated carbocycles. The predicted octanol–water partition coefficient (Wildman–Crippen LogP) is 2.11. The third-order valence-corrected chi connectivity index (χ3v) is 2.55. The van der Waals surface area contributed by atoms with Gasteiger partial charge >= 0.3 is 0 Å². The number of carbonyl (C=O) groups excluding carboxylic acids is 1. The Morgan fingerprint density at radius 3 is 2.25 bits per heavy atom. The summed E-state index contributed by atoms with van der Waals surface area (Å²) >= 11 is 0. The Kier molecular flexibility index (Phi) is 3.35. The molecule has 20 heavy (non-hydrogen) atoms. The van der Waals surface area contributed by atoms with E-state index in [4.69, 9.17) is 5.73 Å². The Labute approximate surface area is 109 Å². The second-order valence-electron chi connectivity index (χ2n) is 3.91. The number of rotatable bonds is 2. The molecule has 9 heteroatoms. The molecule has 106 valence electrons. The van der Waals surface area contributed by atoms with Crippen molar-refractivity contribution in [3.05, 3.63) is 40.6 Å². The van der Waals surface area contributed by atoms with Gasteiger partial charge in [0.05, 0.1) is 0 Å². The smallest absolute Gasteiger partial charge is 0.261 e. The van der Waals surface area contributed by atoms with Crippen LogP contribution < -0.4 is 11.1 Å². The summed E-state index contributed by atoms with van der Waals surface area (Å²) in [6, 6.07) is 0.0395. The minimum atomic E-state index is -1.71. The van der Waals surface area contributed by atoms with E-state index in [2.05, 4.69) is 10.2 Å². The van der Waals surface area contributed by atoms with Crippen LogP contribution in [0.4, 0.5) is 29.1 Å². The largest absolute Gasteiger partial charge is 0.382 e. The number of halogens is 4. The summed E-state index contributed by atoms with van der Waals surface area (Å²) in [6.07, 6.45) is 0. The van der Waals surface area contributed by atoms with Crippen LogP contribution in [0.1, 0.15) is 16.1 Å². The number of nitrogens with zero attached hydrogens (tertiary/aromatic N) is 1. The first-order chi connectivity index (χ1) is 9.32. The minimum absolute atomic E-state index is 0.0395. The van der Waals surface area contributed by atoms with Gasteiger partial charge in [-0.05, 0) is 6.92 Å². The van der Waals surface area contributed by atoms with Crippen LogP contribution in [-0.2, 0) is 0 Å². The van der Waals surface area contributed by atoms with Crippen molar-refractivity contribution in [1.29, 1.82) is 0 Å². The molecule has 1 amide bonds. The zero-order valence-corrected chi connectivity index (χ0v) is 10.0. The number of benzene rings is 1. The van der Waals surface area contributed by atoms with Crippen LogP contribution in [0.25, 0.3) is 0 Å². The highest BCUT2D eigenvalue weighted by Crippen LogP contribution is 2.25. The lowest BCUT2D eigenvalue weighted by atomic mass is 10.2. The number of aromatic nitrogens is 2. The van der Waals surface area contributed by atoms with E-state index in [0.29, 0.717) is 0 Å². The minimum Gasteiger partial charge on any atom is -0.382 e. The lowest BCUT2D eigenvalue weighted by Crippen LogP contribution is -2.17. The third kappa shape index (κ3) is 2.17. The van der Waals surface area contributed by atoms with Gasteiger partial charge in [0.1, 0.15) is 11.3 Å². The standard InChI is InChI=1S/C11H8F4N4O/c1-3-6(10(16)19-18-3)11(20)17-9-7(14)4(12)2-5(13)8(9)15/h2H,1H3,(H,17,20)(H3,16,18,19). The highest BCUT2D eigenvalue weighted by Gasteiger charge is 2.23. The van der Waals surface area contributed by atoms with Crippen molar-refractivity contribution in [2.75, 3.05) is 11.1 Å². The van der Waals surface area contributed by atoms with Gasteiger partial charge < -0.3 is 11.1 Å². The number of anilines is 2. The van der Waals surface area contributed by atoms with Crippen LogP contribution in [0.15, 0.2) is 6.07 Å². The monoisotopic (exact) mass is 288 g/mol. The Balaban J connectivity index is 2.43. The first-order valence-corrected chi connectivity index (χ1v) is 5.27. The molecule has 2 aromatic rings. The maximum atomic E-state index is 13.4. The van der Waals surface area contributed by atoms with Crippen molar-refractivity contribution in [2.45, 2.75) is 6.92 Å².